The first kappa shape index (κ1) is 14.7. The maximum absolute atomic E-state index is 12.4. The van der Waals surface area contributed by atoms with E-state index in [9.17, 15) is 18.5 Å². The van der Waals surface area contributed by atoms with Crippen LogP contribution in [0.25, 0.3) is 0 Å². The van der Waals surface area contributed by atoms with E-state index in [1.807, 2.05) is 0 Å². The lowest BCUT2D eigenvalue weighted by Gasteiger charge is -2.25. The number of nitrogen functional groups attached to an aromatic ring is 1. The molecule has 110 valence electrons. The summed E-state index contributed by atoms with van der Waals surface area (Å²) >= 11 is 0. The molecule has 7 nitrogen and oxygen atoms in total. The summed E-state index contributed by atoms with van der Waals surface area (Å²) in [7, 11) is -3.99. The average Bonchev–Trinajstić information content (AvgIpc) is 3.10. The molecule has 0 atom stereocenters. The number of nitrogens with zero attached hydrogens (tertiary/aromatic N) is 1. The maximum Gasteiger partial charge on any atom is 0.312 e. The van der Waals surface area contributed by atoms with Crippen LogP contribution in [0, 0.1) is 16.0 Å². The Morgan fingerprint density at radius 3 is 2.50 bits per heavy atom. The van der Waals surface area contributed by atoms with E-state index in [0.29, 0.717) is 0 Å². The van der Waals surface area contributed by atoms with E-state index >= 15 is 0 Å². The second-order valence-electron chi connectivity index (χ2n) is 5.55. The predicted octanol–water partition coefficient (Wildman–Crippen LogP) is 1.64. The first-order chi connectivity index (χ1) is 9.15. The van der Waals surface area contributed by atoms with Crippen LogP contribution in [-0.4, -0.2) is 18.9 Å². The van der Waals surface area contributed by atoms with Gasteiger partial charge in [0.25, 0.3) is 0 Å². The van der Waals surface area contributed by atoms with E-state index in [-0.39, 0.29) is 11.6 Å². The first-order valence-electron chi connectivity index (χ1n) is 6.22. The van der Waals surface area contributed by atoms with Gasteiger partial charge < -0.3 is 5.73 Å². The molecule has 1 aliphatic rings. The van der Waals surface area contributed by atoms with Gasteiger partial charge in [-0.3, -0.25) is 10.1 Å². The van der Waals surface area contributed by atoms with Crippen LogP contribution >= 0.6 is 0 Å². The zero-order valence-corrected chi connectivity index (χ0v) is 12.1. The van der Waals surface area contributed by atoms with Gasteiger partial charge in [-0.25, -0.2) is 13.1 Å². The summed E-state index contributed by atoms with van der Waals surface area (Å²) in [5.41, 5.74) is 4.15. The lowest BCUT2D eigenvalue weighted by atomic mass is 10.0. The minimum atomic E-state index is -3.99. The van der Waals surface area contributed by atoms with Gasteiger partial charge in [-0.2, -0.15) is 0 Å². The number of nitro benzene ring substituents is 1. The zero-order chi connectivity index (χ0) is 15.1. The Morgan fingerprint density at radius 2 is 2.00 bits per heavy atom. The van der Waals surface area contributed by atoms with Gasteiger partial charge in [0.05, 0.1) is 4.92 Å². The molecule has 8 heteroatoms. The highest BCUT2D eigenvalue weighted by Crippen LogP contribution is 2.40. The lowest BCUT2D eigenvalue weighted by Crippen LogP contribution is -2.45. The van der Waals surface area contributed by atoms with Crippen molar-refractivity contribution in [1.29, 1.82) is 0 Å². The van der Waals surface area contributed by atoms with Gasteiger partial charge in [0, 0.05) is 5.54 Å². The molecule has 20 heavy (non-hydrogen) atoms. The molecule has 0 aliphatic heterocycles. The third-order valence-corrected chi connectivity index (χ3v) is 5.20. The number of sulfonamides is 1. The van der Waals surface area contributed by atoms with Crippen LogP contribution in [0.15, 0.2) is 23.1 Å². The number of anilines is 1. The minimum absolute atomic E-state index is 0.165. The fourth-order valence-corrected chi connectivity index (χ4v) is 3.92. The fraction of sp³-hybridized carbons (Fsp3) is 0.500. The van der Waals surface area contributed by atoms with Gasteiger partial charge in [0.1, 0.15) is 5.69 Å². The van der Waals surface area contributed by atoms with Crippen molar-refractivity contribution in [2.45, 2.75) is 37.1 Å². The smallest absolute Gasteiger partial charge is 0.312 e. The SMILES string of the molecule is CC(C)(NS(=O)(=O)c1cccc(N)c1[N+](=O)[O-])C1CC1. The summed E-state index contributed by atoms with van der Waals surface area (Å²) in [4.78, 5) is 9.87. The van der Waals surface area contributed by atoms with Crippen LogP contribution in [0.4, 0.5) is 11.4 Å². The van der Waals surface area contributed by atoms with Crippen LogP contribution in [-0.2, 0) is 10.0 Å². The molecule has 1 saturated carbocycles. The van der Waals surface area contributed by atoms with E-state index in [4.69, 9.17) is 5.73 Å². The fourth-order valence-electron chi connectivity index (χ4n) is 2.24. The number of para-hydroxylation sites is 1. The predicted molar refractivity (Wildman–Crippen MR) is 74.6 cm³/mol. The van der Waals surface area contributed by atoms with E-state index in [1.165, 1.54) is 18.2 Å². The molecule has 0 heterocycles. The van der Waals surface area contributed by atoms with Gasteiger partial charge in [0.2, 0.25) is 10.0 Å². The van der Waals surface area contributed by atoms with Gasteiger partial charge in [-0.1, -0.05) is 6.07 Å². The van der Waals surface area contributed by atoms with Gasteiger partial charge in [0.15, 0.2) is 4.90 Å². The zero-order valence-electron chi connectivity index (χ0n) is 11.3. The molecular weight excluding hydrogens is 282 g/mol. The molecule has 0 saturated heterocycles. The van der Waals surface area contributed by atoms with Crippen molar-refractivity contribution < 1.29 is 13.3 Å². The van der Waals surface area contributed by atoms with Crippen LogP contribution in [0.2, 0.25) is 0 Å². The Hall–Kier alpha value is -1.67. The normalized spacial score (nSPS) is 16.1. The number of nitrogens with one attached hydrogen (secondary N) is 1. The van der Waals surface area contributed by atoms with Crippen molar-refractivity contribution in [3.8, 4) is 0 Å². The topological polar surface area (TPSA) is 115 Å². The molecule has 0 radical (unpaired) electrons. The second kappa shape index (κ2) is 4.71. The molecule has 2 rings (SSSR count). The van der Waals surface area contributed by atoms with E-state index in [2.05, 4.69) is 4.72 Å². The lowest BCUT2D eigenvalue weighted by molar-refractivity contribution is -0.386. The monoisotopic (exact) mass is 299 g/mol. The van der Waals surface area contributed by atoms with Gasteiger partial charge >= 0.3 is 5.69 Å². The molecule has 1 aromatic carbocycles. The molecule has 1 aliphatic carbocycles. The number of nitrogens with two attached hydrogens (primary N) is 1. The standard InChI is InChI=1S/C12H17N3O4S/c1-12(2,8-6-7-8)14-20(18,19)10-5-3-4-9(13)11(10)15(16)17/h3-5,8,14H,6-7,13H2,1-2H3. The number of hydrogen-bond acceptors (Lipinski definition) is 5. The summed E-state index contributed by atoms with van der Waals surface area (Å²) in [6.45, 7) is 3.56. The van der Waals surface area contributed by atoms with Crippen molar-refractivity contribution in [2.24, 2.45) is 5.92 Å². The van der Waals surface area contributed by atoms with E-state index in [0.717, 1.165) is 12.8 Å². The highest BCUT2D eigenvalue weighted by atomic mass is 32.2. The quantitative estimate of drug-likeness (QED) is 0.487. The minimum Gasteiger partial charge on any atom is -0.393 e. The van der Waals surface area contributed by atoms with Crippen molar-refractivity contribution in [1.82, 2.24) is 4.72 Å². The van der Waals surface area contributed by atoms with Crippen molar-refractivity contribution in [2.75, 3.05) is 5.73 Å². The summed E-state index contributed by atoms with van der Waals surface area (Å²) in [5.74, 6) is 0.261. The first-order valence-corrected chi connectivity index (χ1v) is 7.70. The van der Waals surface area contributed by atoms with Gasteiger partial charge in [-0.05, 0) is 44.7 Å². The maximum atomic E-state index is 12.4. The third-order valence-electron chi connectivity index (χ3n) is 3.50. The molecule has 0 bridgehead atoms. The van der Waals surface area contributed by atoms with Crippen molar-refractivity contribution >= 4 is 21.4 Å². The molecule has 1 fully saturated rings. The van der Waals surface area contributed by atoms with Crippen LogP contribution in [0.1, 0.15) is 26.7 Å². The summed E-state index contributed by atoms with van der Waals surface area (Å²) < 4.78 is 27.3. The Morgan fingerprint density at radius 1 is 1.40 bits per heavy atom. The molecule has 3 N–H and O–H groups in total. The van der Waals surface area contributed by atoms with E-state index in [1.54, 1.807) is 13.8 Å². The second-order valence-corrected chi connectivity index (χ2v) is 7.20. The summed E-state index contributed by atoms with van der Waals surface area (Å²) in [5, 5.41) is 11.0. The highest BCUT2D eigenvalue weighted by molar-refractivity contribution is 7.89. The average molecular weight is 299 g/mol. The molecule has 0 spiro atoms. The molecular formula is C12H17N3O4S. The number of benzene rings is 1. The number of hydrogen-bond donors (Lipinski definition) is 2. The Labute approximate surface area is 117 Å². The van der Waals surface area contributed by atoms with Crippen molar-refractivity contribution in [3.05, 3.63) is 28.3 Å². The van der Waals surface area contributed by atoms with Crippen molar-refractivity contribution in [3.63, 3.8) is 0 Å². The number of rotatable bonds is 5. The van der Waals surface area contributed by atoms with Crippen LogP contribution in [0.3, 0.4) is 0 Å². The van der Waals surface area contributed by atoms with Gasteiger partial charge in [-0.15, -0.1) is 0 Å². The summed E-state index contributed by atoms with van der Waals surface area (Å²) in [6.07, 6.45) is 1.91. The Kier molecular flexibility index (Phi) is 3.47. The molecule has 0 unspecified atom stereocenters. The third kappa shape index (κ3) is 2.75. The van der Waals surface area contributed by atoms with Crippen LogP contribution in [0.5, 0.6) is 0 Å². The molecule has 1 aromatic rings. The Bertz CT molecular complexity index is 651. The van der Waals surface area contributed by atoms with Crippen LogP contribution < -0.4 is 10.5 Å². The summed E-state index contributed by atoms with van der Waals surface area (Å²) in [6, 6.07) is 3.89. The molecule has 0 amide bonds. The highest BCUT2D eigenvalue weighted by Gasteiger charge is 2.42. The van der Waals surface area contributed by atoms with E-state index < -0.39 is 31.1 Å². The largest absolute Gasteiger partial charge is 0.393 e. The molecule has 0 aromatic heterocycles. The Balaban J connectivity index is 2.44. The number of nitro groups is 1.